The number of carbonyl (C=O) groups excluding carboxylic acids is 2. The van der Waals surface area contributed by atoms with E-state index in [1.54, 1.807) is 30.5 Å². The highest BCUT2D eigenvalue weighted by Crippen LogP contribution is 2.54. The zero-order valence-electron chi connectivity index (χ0n) is 24.8. The largest absolute Gasteiger partial charge is 0.491 e. The Balaban J connectivity index is 1.29. The van der Waals surface area contributed by atoms with Crippen molar-refractivity contribution in [3.8, 4) is 17.0 Å². The minimum Gasteiger partial charge on any atom is -0.491 e. The topological polar surface area (TPSA) is 132 Å². The third-order valence-electron chi connectivity index (χ3n) is 8.63. The molecule has 2 fully saturated rings. The molecule has 0 unspecified atom stereocenters. The maximum Gasteiger partial charge on any atom is 0.251 e. The van der Waals surface area contributed by atoms with Crippen LogP contribution in [0.15, 0.2) is 48.0 Å². The molecular weight excluding hydrogens is 636 g/mol. The Labute approximate surface area is 271 Å². The standard InChI is InChI=1S/C33H30ClF2N5O4S/c1-2-45-29-17(13-26(37)42)12-25(39-28(29)22-15-46-30-21(22)4-3-5-24(30)35)33(44,32(36)8-9-32)16-38-31(43)18-10-19-14-41(20-6-7-20)40-27(19)23(34)11-18/h3-5,10-12,14-15,20,44H,2,6-9,13,16H2,1H3,(H2,37,42)(H,38,43)/t33-/m0/s1. The van der Waals surface area contributed by atoms with E-state index in [0.29, 0.717) is 37.6 Å². The van der Waals surface area contributed by atoms with Gasteiger partial charge in [-0.25, -0.2) is 13.8 Å². The van der Waals surface area contributed by atoms with Gasteiger partial charge in [-0.2, -0.15) is 5.10 Å². The zero-order valence-corrected chi connectivity index (χ0v) is 26.4. The number of rotatable bonds is 11. The number of nitrogens with one attached hydrogen (secondary N) is 1. The van der Waals surface area contributed by atoms with Gasteiger partial charge < -0.3 is 20.9 Å². The summed E-state index contributed by atoms with van der Waals surface area (Å²) in [4.78, 5) is 30.3. The summed E-state index contributed by atoms with van der Waals surface area (Å²) in [5, 5.41) is 22.6. The van der Waals surface area contributed by atoms with Crippen LogP contribution in [0, 0.1) is 5.82 Å². The molecule has 2 aliphatic carbocycles. The molecule has 9 nitrogen and oxygen atoms in total. The molecule has 4 N–H and O–H groups in total. The van der Waals surface area contributed by atoms with E-state index in [-0.39, 0.29) is 54.1 Å². The fourth-order valence-corrected chi connectivity index (χ4v) is 7.12. The first-order valence-corrected chi connectivity index (χ1v) is 16.3. The van der Waals surface area contributed by atoms with E-state index in [0.717, 1.165) is 24.2 Å². The number of benzene rings is 2. The van der Waals surface area contributed by atoms with Crippen molar-refractivity contribution in [1.82, 2.24) is 20.1 Å². The van der Waals surface area contributed by atoms with E-state index in [1.807, 2.05) is 10.9 Å². The molecule has 2 aliphatic rings. The van der Waals surface area contributed by atoms with Crippen LogP contribution in [0.3, 0.4) is 0 Å². The Hall–Kier alpha value is -4.13. The van der Waals surface area contributed by atoms with Crippen LogP contribution >= 0.6 is 22.9 Å². The number of halogens is 3. The highest BCUT2D eigenvalue weighted by molar-refractivity contribution is 7.17. The van der Waals surface area contributed by atoms with Gasteiger partial charge in [-0.3, -0.25) is 14.3 Å². The molecule has 0 saturated heterocycles. The average Bonchev–Trinajstić information content (AvgIpc) is 3.92. The number of amides is 2. The van der Waals surface area contributed by atoms with Gasteiger partial charge in [0.15, 0.2) is 5.60 Å². The van der Waals surface area contributed by atoms with Gasteiger partial charge in [0.25, 0.3) is 5.91 Å². The van der Waals surface area contributed by atoms with Crippen molar-refractivity contribution >= 4 is 55.7 Å². The van der Waals surface area contributed by atoms with E-state index < -0.39 is 35.4 Å². The lowest BCUT2D eigenvalue weighted by atomic mass is 9.88. The normalized spacial score (nSPS) is 16.8. The van der Waals surface area contributed by atoms with Gasteiger partial charge in [0.05, 0.1) is 41.0 Å². The fraction of sp³-hybridized carbons (Fsp3) is 0.333. The van der Waals surface area contributed by atoms with Crippen molar-refractivity contribution in [3.05, 3.63) is 75.6 Å². The number of aliphatic hydroxyl groups is 1. The van der Waals surface area contributed by atoms with Crippen molar-refractivity contribution in [1.29, 1.82) is 0 Å². The molecule has 3 aromatic heterocycles. The number of hydrogen-bond donors (Lipinski definition) is 3. The van der Waals surface area contributed by atoms with Crippen LogP contribution in [0.25, 0.3) is 32.2 Å². The molecule has 7 rings (SSSR count). The van der Waals surface area contributed by atoms with Crippen molar-refractivity contribution < 1.29 is 28.2 Å². The van der Waals surface area contributed by atoms with Crippen LogP contribution in [0.1, 0.15) is 60.3 Å². The number of thiophene rings is 1. The van der Waals surface area contributed by atoms with E-state index >= 15 is 4.39 Å². The number of hydrogen-bond acceptors (Lipinski definition) is 7. The summed E-state index contributed by atoms with van der Waals surface area (Å²) in [5.41, 5.74) is 2.84. The third-order valence-corrected chi connectivity index (χ3v) is 9.92. The van der Waals surface area contributed by atoms with Gasteiger partial charge >= 0.3 is 0 Å². The Morgan fingerprint density at radius 1 is 1.28 bits per heavy atom. The van der Waals surface area contributed by atoms with Crippen LogP contribution in [-0.4, -0.2) is 50.5 Å². The summed E-state index contributed by atoms with van der Waals surface area (Å²) in [6.45, 7) is 1.43. The monoisotopic (exact) mass is 665 g/mol. The van der Waals surface area contributed by atoms with E-state index in [4.69, 9.17) is 27.1 Å². The summed E-state index contributed by atoms with van der Waals surface area (Å²) in [7, 11) is 0. The van der Waals surface area contributed by atoms with Crippen LogP contribution in [0.5, 0.6) is 5.75 Å². The van der Waals surface area contributed by atoms with Crippen molar-refractivity contribution in [2.45, 2.75) is 56.3 Å². The number of alkyl halides is 1. The summed E-state index contributed by atoms with van der Waals surface area (Å²) in [6.07, 6.45) is 3.68. The number of nitrogens with zero attached hydrogens (tertiary/aromatic N) is 3. The molecule has 13 heteroatoms. The summed E-state index contributed by atoms with van der Waals surface area (Å²) in [6, 6.07) is 9.51. The maximum absolute atomic E-state index is 16.2. The second kappa shape index (κ2) is 11.3. The molecule has 2 saturated carbocycles. The number of pyridine rings is 1. The van der Waals surface area contributed by atoms with Crippen molar-refractivity contribution in [3.63, 3.8) is 0 Å². The molecule has 46 heavy (non-hydrogen) atoms. The van der Waals surface area contributed by atoms with Gasteiger partial charge in [-0.1, -0.05) is 23.7 Å². The molecule has 0 bridgehead atoms. The Bertz CT molecular complexity index is 2040. The summed E-state index contributed by atoms with van der Waals surface area (Å²) in [5.74, 6) is -1.45. The van der Waals surface area contributed by atoms with E-state index in [2.05, 4.69) is 10.4 Å². The molecule has 5 aromatic rings. The lowest BCUT2D eigenvalue weighted by molar-refractivity contribution is -0.117. The smallest absolute Gasteiger partial charge is 0.251 e. The van der Waals surface area contributed by atoms with Crippen molar-refractivity contribution in [2.75, 3.05) is 13.2 Å². The zero-order chi connectivity index (χ0) is 32.4. The molecule has 1 atom stereocenters. The molecule has 0 spiro atoms. The SMILES string of the molecule is CCOc1c(CC(N)=O)cc([C@@](O)(CNC(=O)c2cc(Cl)c3nn(C4CC4)cc3c2)C2(F)CC2)nc1-c1csc2c(F)cccc12. The van der Waals surface area contributed by atoms with Gasteiger partial charge in [0, 0.05) is 39.0 Å². The molecule has 238 valence electrons. The quantitative estimate of drug-likeness (QED) is 0.159. The second-order valence-corrected chi connectivity index (χ2v) is 13.2. The Morgan fingerprint density at radius 2 is 2.07 bits per heavy atom. The number of ether oxygens (including phenoxy) is 1. The first kappa shape index (κ1) is 30.5. The summed E-state index contributed by atoms with van der Waals surface area (Å²) < 4.78 is 39.1. The molecular formula is C33H30ClF2N5O4S. The molecule has 2 aromatic carbocycles. The minimum absolute atomic E-state index is 0.0273. The average molecular weight is 666 g/mol. The Kier molecular flexibility index (Phi) is 7.49. The number of carbonyl (C=O) groups is 2. The molecule has 3 heterocycles. The van der Waals surface area contributed by atoms with Crippen LogP contribution in [0.2, 0.25) is 5.02 Å². The van der Waals surface area contributed by atoms with Gasteiger partial charge in [0.1, 0.15) is 28.4 Å². The fourth-order valence-electron chi connectivity index (χ4n) is 5.89. The predicted octanol–water partition coefficient (Wildman–Crippen LogP) is 5.99. The highest BCUT2D eigenvalue weighted by Gasteiger charge is 2.62. The van der Waals surface area contributed by atoms with Gasteiger partial charge in [0.2, 0.25) is 5.91 Å². The number of nitrogens with two attached hydrogens (primary N) is 1. The lowest BCUT2D eigenvalue weighted by Crippen LogP contribution is -2.49. The first-order valence-electron chi connectivity index (χ1n) is 15.0. The number of aromatic nitrogens is 3. The lowest BCUT2D eigenvalue weighted by Gasteiger charge is -2.32. The molecule has 0 radical (unpaired) electrons. The van der Waals surface area contributed by atoms with E-state index in [9.17, 15) is 19.1 Å². The number of primary amides is 1. The third kappa shape index (κ3) is 5.27. The van der Waals surface area contributed by atoms with Crippen LogP contribution in [-0.2, 0) is 16.8 Å². The molecule has 2 amide bonds. The number of fused-ring (bicyclic) bond motifs is 2. The molecule has 0 aliphatic heterocycles. The highest BCUT2D eigenvalue weighted by atomic mass is 35.5. The summed E-state index contributed by atoms with van der Waals surface area (Å²) >= 11 is 7.64. The van der Waals surface area contributed by atoms with Crippen LogP contribution in [0.4, 0.5) is 8.78 Å². The minimum atomic E-state index is -2.30. The first-order chi connectivity index (χ1) is 22.0. The van der Waals surface area contributed by atoms with E-state index in [1.165, 1.54) is 18.2 Å². The Morgan fingerprint density at radius 3 is 2.76 bits per heavy atom. The van der Waals surface area contributed by atoms with Gasteiger partial charge in [-0.05, 0) is 56.9 Å². The maximum atomic E-state index is 16.2. The van der Waals surface area contributed by atoms with Crippen LogP contribution < -0.4 is 15.8 Å². The predicted molar refractivity (Wildman–Crippen MR) is 171 cm³/mol. The van der Waals surface area contributed by atoms with Crippen molar-refractivity contribution in [2.24, 2.45) is 5.73 Å². The van der Waals surface area contributed by atoms with Gasteiger partial charge in [-0.15, -0.1) is 11.3 Å². The second-order valence-electron chi connectivity index (χ2n) is 11.9.